The highest BCUT2D eigenvalue weighted by Gasteiger charge is 2.08. The Morgan fingerprint density at radius 1 is 1.00 bits per heavy atom. The summed E-state index contributed by atoms with van der Waals surface area (Å²) in [5, 5.41) is 5.06. The van der Waals surface area contributed by atoms with Gasteiger partial charge in [0.25, 0.3) is 10.1 Å². The number of carbonyl (C=O) groups is 1. The van der Waals surface area contributed by atoms with E-state index in [9.17, 15) is 13.2 Å². The van der Waals surface area contributed by atoms with Crippen LogP contribution in [-0.2, 0) is 10.1 Å². The van der Waals surface area contributed by atoms with Crippen LogP contribution in [0.3, 0.4) is 0 Å². The van der Waals surface area contributed by atoms with E-state index in [1.807, 2.05) is 30.3 Å². The summed E-state index contributed by atoms with van der Waals surface area (Å²) in [6.07, 6.45) is 3.23. The van der Waals surface area contributed by atoms with E-state index in [0.29, 0.717) is 5.69 Å². The molecule has 0 unspecified atom stereocenters. The molecule has 0 heterocycles. The molecule has 0 atom stereocenters. The van der Waals surface area contributed by atoms with Gasteiger partial charge in [-0.3, -0.25) is 4.55 Å². The molecule has 3 N–H and O–H groups in total. The summed E-state index contributed by atoms with van der Waals surface area (Å²) < 4.78 is 30.6. The number of amides is 2. The summed E-state index contributed by atoms with van der Waals surface area (Å²) in [5.74, 6) is 0. The zero-order valence-corrected chi connectivity index (χ0v) is 12.2. The first-order valence-corrected chi connectivity index (χ1v) is 7.76. The van der Waals surface area contributed by atoms with Crippen molar-refractivity contribution < 1.29 is 17.8 Å². The van der Waals surface area contributed by atoms with E-state index in [1.165, 1.54) is 30.5 Å². The summed E-state index contributed by atoms with van der Waals surface area (Å²) in [6, 6.07) is 14.1. The molecule has 2 rings (SSSR count). The molecule has 0 aliphatic rings. The van der Waals surface area contributed by atoms with Crippen LogP contribution in [0.1, 0.15) is 5.56 Å². The lowest BCUT2D eigenvalue weighted by Crippen LogP contribution is -2.23. The average molecular weight is 318 g/mol. The number of benzene rings is 2. The summed E-state index contributed by atoms with van der Waals surface area (Å²) in [5.41, 5.74) is 1.35. The predicted octanol–water partition coefficient (Wildman–Crippen LogP) is 2.73. The molecule has 0 saturated heterocycles. The van der Waals surface area contributed by atoms with Crippen molar-refractivity contribution in [2.45, 2.75) is 4.90 Å². The van der Waals surface area contributed by atoms with Gasteiger partial charge in [0.15, 0.2) is 0 Å². The van der Waals surface area contributed by atoms with Crippen LogP contribution < -0.4 is 10.6 Å². The minimum absolute atomic E-state index is 0.234. The minimum atomic E-state index is -4.23. The number of urea groups is 1. The Hall–Kier alpha value is -2.64. The Morgan fingerprint density at radius 2 is 1.64 bits per heavy atom. The Kier molecular flexibility index (Phi) is 4.92. The number of hydrogen-bond acceptors (Lipinski definition) is 3. The first-order chi connectivity index (χ1) is 10.4. The second-order valence-electron chi connectivity index (χ2n) is 4.34. The van der Waals surface area contributed by atoms with E-state index in [-0.39, 0.29) is 4.90 Å². The van der Waals surface area contributed by atoms with Crippen molar-refractivity contribution in [1.29, 1.82) is 0 Å². The normalized spacial score (nSPS) is 11.3. The Morgan fingerprint density at radius 3 is 2.23 bits per heavy atom. The molecule has 22 heavy (non-hydrogen) atoms. The van der Waals surface area contributed by atoms with Crippen LogP contribution in [-0.4, -0.2) is 19.0 Å². The van der Waals surface area contributed by atoms with Gasteiger partial charge in [-0.2, -0.15) is 8.42 Å². The van der Waals surface area contributed by atoms with Crippen molar-refractivity contribution in [3.63, 3.8) is 0 Å². The molecule has 2 amide bonds. The van der Waals surface area contributed by atoms with Crippen molar-refractivity contribution in [2.24, 2.45) is 0 Å². The molecule has 0 aliphatic carbocycles. The third-order valence-electron chi connectivity index (χ3n) is 2.70. The van der Waals surface area contributed by atoms with Crippen LogP contribution in [0.2, 0.25) is 0 Å². The highest BCUT2D eigenvalue weighted by molar-refractivity contribution is 7.85. The molecule has 0 aliphatic heterocycles. The molecule has 0 radical (unpaired) electrons. The first-order valence-electron chi connectivity index (χ1n) is 6.32. The summed E-state index contributed by atoms with van der Waals surface area (Å²) >= 11 is 0. The molecule has 0 aromatic heterocycles. The van der Waals surface area contributed by atoms with Gasteiger partial charge in [-0.25, -0.2) is 4.79 Å². The molecule has 0 fully saturated rings. The molecule has 0 saturated carbocycles. The zero-order valence-electron chi connectivity index (χ0n) is 11.4. The van der Waals surface area contributed by atoms with Gasteiger partial charge in [0.2, 0.25) is 0 Å². The fourth-order valence-corrected chi connectivity index (χ4v) is 2.14. The number of rotatable bonds is 4. The third kappa shape index (κ3) is 4.72. The number of carbonyl (C=O) groups excluding carboxylic acids is 1. The highest BCUT2D eigenvalue weighted by atomic mass is 32.2. The Labute approximate surface area is 128 Å². The van der Waals surface area contributed by atoms with Gasteiger partial charge < -0.3 is 10.6 Å². The molecular formula is C15H14N2O4S. The molecule has 0 spiro atoms. The van der Waals surface area contributed by atoms with E-state index < -0.39 is 16.1 Å². The van der Waals surface area contributed by atoms with Gasteiger partial charge >= 0.3 is 6.03 Å². The molecule has 114 valence electrons. The fraction of sp³-hybridized carbons (Fsp3) is 0. The van der Waals surface area contributed by atoms with E-state index in [0.717, 1.165) is 5.56 Å². The number of nitrogens with one attached hydrogen (secondary N) is 2. The van der Waals surface area contributed by atoms with E-state index in [4.69, 9.17) is 4.55 Å². The van der Waals surface area contributed by atoms with Crippen LogP contribution in [0.15, 0.2) is 65.7 Å². The van der Waals surface area contributed by atoms with Crippen molar-refractivity contribution in [3.05, 3.63) is 66.4 Å². The van der Waals surface area contributed by atoms with Gasteiger partial charge in [0, 0.05) is 11.9 Å². The largest absolute Gasteiger partial charge is 0.323 e. The maximum absolute atomic E-state index is 11.6. The van der Waals surface area contributed by atoms with Crippen molar-refractivity contribution in [2.75, 3.05) is 5.32 Å². The van der Waals surface area contributed by atoms with Gasteiger partial charge in [-0.05, 0) is 35.9 Å². The van der Waals surface area contributed by atoms with E-state index >= 15 is 0 Å². The van der Waals surface area contributed by atoms with Crippen LogP contribution in [0.25, 0.3) is 6.08 Å². The highest BCUT2D eigenvalue weighted by Crippen LogP contribution is 2.13. The van der Waals surface area contributed by atoms with Crippen LogP contribution in [0.4, 0.5) is 10.5 Å². The van der Waals surface area contributed by atoms with Crippen molar-refractivity contribution in [3.8, 4) is 0 Å². The topological polar surface area (TPSA) is 95.5 Å². The molecule has 7 heteroatoms. The SMILES string of the molecule is O=C(N/C=C/c1ccccc1)Nc1ccc(S(=O)(=O)O)cc1. The fourth-order valence-electron chi connectivity index (χ4n) is 1.66. The molecular weight excluding hydrogens is 304 g/mol. The lowest BCUT2D eigenvalue weighted by atomic mass is 10.2. The first kappa shape index (κ1) is 15.7. The van der Waals surface area contributed by atoms with Gasteiger partial charge in [-0.15, -0.1) is 0 Å². The van der Waals surface area contributed by atoms with Crippen molar-refractivity contribution in [1.82, 2.24) is 5.32 Å². The quantitative estimate of drug-likeness (QED) is 0.755. The second-order valence-corrected chi connectivity index (χ2v) is 5.76. The van der Waals surface area contributed by atoms with Gasteiger partial charge in [0.1, 0.15) is 0 Å². The van der Waals surface area contributed by atoms with Crippen molar-refractivity contribution >= 4 is 27.9 Å². The third-order valence-corrected chi connectivity index (χ3v) is 3.57. The molecule has 0 bridgehead atoms. The maximum atomic E-state index is 11.6. The van der Waals surface area contributed by atoms with E-state index in [1.54, 1.807) is 6.08 Å². The predicted molar refractivity (Wildman–Crippen MR) is 83.9 cm³/mol. The summed E-state index contributed by atoms with van der Waals surface area (Å²) in [4.78, 5) is 11.4. The molecule has 2 aromatic rings. The Balaban J connectivity index is 1.91. The van der Waals surface area contributed by atoms with Gasteiger partial charge in [0.05, 0.1) is 4.90 Å². The number of hydrogen-bond donors (Lipinski definition) is 3. The van der Waals surface area contributed by atoms with Gasteiger partial charge in [-0.1, -0.05) is 30.3 Å². The summed E-state index contributed by atoms with van der Waals surface area (Å²) in [6.45, 7) is 0. The lowest BCUT2D eigenvalue weighted by molar-refractivity contribution is 0.255. The number of anilines is 1. The van der Waals surface area contributed by atoms with E-state index in [2.05, 4.69) is 10.6 Å². The molecule has 2 aromatic carbocycles. The standard InChI is InChI=1S/C15H14N2O4S/c18-15(16-11-10-12-4-2-1-3-5-12)17-13-6-8-14(9-7-13)22(19,20)21/h1-11H,(H2,16,17,18)(H,19,20,21)/b11-10+. The average Bonchev–Trinajstić information content (AvgIpc) is 2.48. The Bertz CT molecular complexity index is 769. The molecule has 6 nitrogen and oxygen atoms in total. The van der Waals surface area contributed by atoms with Crippen LogP contribution >= 0.6 is 0 Å². The zero-order chi connectivity index (χ0) is 16.0. The van der Waals surface area contributed by atoms with Crippen LogP contribution in [0, 0.1) is 0 Å². The van der Waals surface area contributed by atoms with Crippen LogP contribution in [0.5, 0.6) is 0 Å². The maximum Gasteiger partial charge on any atom is 0.323 e. The minimum Gasteiger partial charge on any atom is -0.314 e. The lowest BCUT2D eigenvalue weighted by Gasteiger charge is -2.05. The smallest absolute Gasteiger partial charge is 0.314 e. The summed E-state index contributed by atoms with van der Waals surface area (Å²) in [7, 11) is -4.23. The monoisotopic (exact) mass is 318 g/mol. The second kappa shape index (κ2) is 6.88.